The lowest BCUT2D eigenvalue weighted by atomic mass is 9.83. The van der Waals surface area contributed by atoms with Crippen molar-refractivity contribution in [2.75, 3.05) is 0 Å². The van der Waals surface area contributed by atoms with Gasteiger partial charge in [-0.05, 0) is 56.3 Å². The number of carbonyl (C=O) groups is 2. The maximum absolute atomic E-state index is 12.7. The van der Waals surface area contributed by atoms with E-state index in [4.69, 9.17) is 5.11 Å². The molecule has 0 amide bonds. The minimum atomic E-state index is -0.728. The standard InChI is InChI=1S/C21H32O4/c22-18(10-9-14-5-1-2-6-14)21-17-12-15(7-3-4-8-20(24)25)11-16(17)13-19(21)23/h11,14,16-17,19,21,23H,1-10,12-13H2,(H,24,25)/t16-,17-,19-,21+/m1/s1. The molecule has 0 radical (unpaired) electrons. The highest BCUT2D eigenvalue weighted by Gasteiger charge is 2.47. The first-order valence-corrected chi connectivity index (χ1v) is 10.2. The molecule has 0 aromatic rings. The Morgan fingerprint density at radius 2 is 1.88 bits per heavy atom. The van der Waals surface area contributed by atoms with E-state index in [0.29, 0.717) is 24.7 Å². The molecule has 0 saturated heterocycles. The van der Waals surface area contributed by atoms with Crippen molar-refractivity contribution in [2.24, 2.45) is 23.7 Å². The number of carbonyl (C=O) groups excluding carboxylic acids is 1. The Hall–Kier alpha value is -1.16. The van der Waals surface area contributed by atoms with Gasteiger partial charge >= 0.3 is 5.97 Å². The van der Waals surface area contributed by atoms with Gasteiger partial charge in [0, 0.05) is 18.8 Å². The summed E-state index contributed by atoms with van der Waals surface area (Å²) in [6.07, 6.45) is 13.1. The Morgan fingerprint density at radius 3 is 2.60 bits per heavy atom. The van der Waals surface area contributed by atoms with Crippen LogP contribution < -0.4 is 0 Å². The molecule has 2 N–H and O–H groups in total. The van der Waals surface area contributed by atoms with Gasteiger partial charge < -0.3 is 10.2 Å². The molecule has 4 nitrogen and oxygen atoms in total. The van der Waals surface area contributed by atoms with Crippen LogP contribution in [0, 0.1) is 23.7 Å². The minimum absolute atomic E-state index is 0.167. The number of hydrogen-bond donors (Lipinski definition) is 2. The Labute approximate surface area is 150 Å². The summed E-state index contributed by atoms with van der Waals surface area (Å²) >= 11 is 0. The molecule has 2 saturated carbocycles. The van der Waals surface area contributed by atoms with E-state index in [-0.39, 0.29) is 18.1 Å². The second kappa shape index (κ2) is 8.48. The fourth-order valence-electron chi connectivity index (χ4n) is 5.37. The molecule has 0 aromatic carbocycles. The van der Waals surface area contributed by atoms with Gasteiger partial charge in [-0.3, -0.25) is 9.59 Å². The van der Waals surface area contributed by atoms with Crippen molar-refractivity contribution in [3.63, 3.8) is 0 Å². The predicted molar refractivity (Wildman–Crippen MR) is 96.1 cm³/mol. The lowest BCUT2D eigenvalue weighted by molar-refractivity contribution is -0.137. The van der Waals surface area contributed by atoms with Crippen LogP contribution in [-0.2, 0) is 9.59 Å². The van der Waals surface area contributed by atoms with Gasteiger partial charge in [0.25, 0.3) is 0 Å². The van der Waals surface area contributed by atoms with Crippen molar-refractivity contribution in [3.05, 3.63) is 11.6 Å². The van der Waals surface area contributed by atoms with Crippen LogP contribution in [-0.4, -0.2) is 28.1 Å². The molecule has 4 heteroatoms. The number of unbranched alkanes of at least 4 members (excludes halogenated alkanes) is 1. The van der Waals surface area contributed by atoms with Crippen molar-refractivity contribution in [1.29, 1.82) is 0 Å². The average molecular weight is 348 g/mol. The number of carboxylic acid groups (broad SMARTS) is 1. The van der Waals surface area contributed by atoms with Crippen molar-refractivity contribution < 1.29 is 19.8 Å². The summed E-state index contributed by atoms with van der Waals surface area (Å²) in [5, 5.41) is 19.1. The Bertz CT molecular complexity index is 518. The zero-order valence-corrected chi connectivity index (χ0v) is 15.2. The molecule has 2 fully saturated rings. The van der Waals surface area contributed by atoms with Crippen molar-refractivity contribution >= 4 is 11.8 Å². The Balaban J connectivity index is 1.46. The summed E-state index contributed by atoms with van der Waals surface area (Å²) in [6, 6.07) is 0. The van der Waals surface area contributed by atoms with Crippen LogP contribution in [0.2, 0.25) is 0 Å². The normalized spacial score (nSPS) is 32.0. The molecule has 0 spiro atoms. The van der Waals surface area contributed by atoms with Gasteiger partial charge in [0.15, 0.2) is 0 Å². The number of allylic oxidation sites excluding steroid dienone is 2. The smallest absolute Gasteiger partial charge is 0.303 e. The first-order valence-electron chi connectivity index (χ1n) is 10.2. The van der Waals surface area contributed by atoms with Gasteiger partial charge in [0.2, 0.25) is 0 Å². The van der Waals surface area contributed by atoms with E-state index in [1.54, 1.807) is 0 Å². The van der Waals surface area contributed by atoms with Gasteiger partial charge in [-0.2, -0.15) is 0 Å². The molecule has 0 unspecified atom stereocenters. The maximum Gasteiger partial charge on any atom is 0.303 e. The highest BCUT2D eigenvalue weighted by molar-refractivity contribution is 5.82. The van der Waals surface area contributed by atoms with E-state index < -0.39 is 12.1 Å². The van der Waals surface area contributed by atoms with E-state index in [9.17, 15) is 14.7 Å². The molecule has 0 aliphatic heterocycles. The van der Waals surface area contributed by atoms with Gasteiger partial charge in [0.1, 0.15) is 5.78 Å². The summed E-state index contributed by atoms with van der Waals surface area (Å²) < 4.78 is 0. The van der Waals surface area contributed by atoms with Gasteiger partial charge in [-0.1, -0.05) is 37.3 Å². The summed E-state index contributed by atoms with van der Waals surface area (Å²) in [5.74, 6) is 0.759. The van der Waals surface area contributed by atoms with Crippen LogP contribution in [0.1, 0.15) is 77.0 Å². The second-order valence-corrected chi connectivity index (χ2v) is 8.44. The fourth-order valence-corrected chi connectivity index (χ4v) is 5.37. The Kier molecular flexibility index (Phi) is 6.32. The van der Waals surface area contributed by atoms with E-state index >= 15 is 0 Å². The monoisotopic (exact) mass is 348 g/mol. The molecule has 3 aliphatic carbocycles. The predicted octanol–water partition coefficient (Wildman–Crippen LogP) is 4.11. The van der Waals surface area contributed by atoms with Crippen LogP contribution in [0.5, 0.6) is 0 Å². The molecule has 0 aromatic heterocycles. The zero-order valence-electron chi connectivity index (χ0n) is 15.2. The molecule has 0 heterocycles. The number of aliphatic hydroxyl groups excluding tert-OH is 1. The van der Waals surface area contributed by atoms with E-state index in [1.807, 2.05) is 0 Å². The highest BCUT2D eigenvalue weighted by atomic mass is 16.4. The minimum Gasteiger partial charge on any atom is -0.481 e. The van der Waals surface area contributed by atoms with Gasteiger partial charge in [-0.15, -0.1) is 0 Å². The number of Topliss-reactive ketones (excluding diaryl/α,β-unsaturated/α-hetero) is 1. The number of aliphatic hydroxyl groups is 1. The van der Waals surface area contributed by atoms with Crippen molar-refractivity contribution in [2.45, 2.75) is 83.2 Å². The molecule has 3 rings (SSSR count). The third kappa shape index (κ3) is 4.72. The van der Waals surface area contributed by atoms with Crippen LogP contribution in [0.3, 0.4) is 0 Å². The molecule has 4 atom stereocenters. The number of hydrogen-bond acceptors (Lipinski definition) is 3. The maximum atomic E-state index is 12.7. The number of carboxylic acids is 1. The largest absolute Gasteiger partial charge is 0.481 e. The molecule has 3 aliphatic rings. The first kappa shape index (κ1) is 18.6. The van der Waals surface area contributed by atoms with Crippen LogP contribution in [0.25, 0.3) is 0 Å². The van der Waals surface area contributed by atoms with Crippen molar-refractivity contribution in [3.8, 4) is 0 Å². The molecular formula is C21H32O4. The van der Waals surface area contributed by atoms with E-state index in [1.165, 1.54) is 31.3 Å². The molecular weight excluding hydrogens is 316 g/mol. The quantitative estimate of drug-likeness (QED) is 0.486. The lowest BCUT2D eigenvalue weighted by Crippen LogP contribution is -2.28. The average Bonchev–Trinajstić information content (AvgIpc) is 3.25. The van der Waals surface area contributed by atoms with Crippen molar-refractivity contribution in [1.82, 2.24) is 0 Å². The van der Waals surface area contributed by atoms with Crippen LogP contribution in [0.15, 0.2) is 11.6 Å². The number of fused-ring (bicyclic) bond motifs is 1. The van der Waals surface area contributed by atoms with Crippen LogP contribution in [0.4, 0.5) is 0 Å². The zero-order chi connectivity index (χ0) is 17.8. The summed E-state index contributed by atoms with van der Waals surface area (Å²) in [5.41, 5.74) is 1.38. The summed E-state index contributed by atoms with van der Waals surface area (Å²) in [4.78, 5) is 23.3. The van der Waals surface area contributed by atoms with E-state index in [2.05, 4.69) is 6.08 Å². The summed E-state index contributed by atoms with van der Waals surface area (Å²) in [6.45, 7) is 0. The lowest BCUT2D eigenvalue weighted by Gasteiger charge is -2.21. The third-order valence-electron chi connectivity index (χ3n) is 6.67. The molecule has 0 bridgehead atoms. The SMILES string of the molecule is O=C(O)CCCCC1=C[C@@H]2C[C@@H](O)[C@H](C(=O)CCC3CCCC3)[C@@H]2C1. The molecule has 140 valence electrons. The highest BCUT2D eigenvalue weighted by Crippen LogP contribution is 2.48. The van der Waals surface area contributed by atoms with Gasteiger partial charge in [0.05, 0.1) is 6.10 Å². The molecule has 25 heavy (non-hydrogen) atoms. The second-order valence-electron chi connectivity index (χ2n) is 8.44. The van der Waals surface area contributed by atoms with Gasteiger partial charge in [-0.25, -0.2) is 0 Å². The summed E-state index contributed by atoms with van der Waals surface area (Å²) in [7, 11) is 0. The topological polar surface area (TPSA) is 74.6 Å². The third-order valence-corrected chi connectivity index (χ3v) is 6.67. The van der Waals surface area contributed by atoms with Crippen LogP contribution >= 0.6 is 0 Å². The van der Waals surface area contributed by atoms with E-state index in [0.717, 1.165) is 38.0 Å². The number of aliphatic carboxylic acids is 1. The number of ketones is 1. The Morgan fingerprint density at radius 1 is 1.12 bits per heavy atom. The number of rotatable bonds is 9. The fraction of sp³-hybridized carbons (Fsp3) is 0.810. The first-order chi connectivity index (χ1) is 12.0.